The van der Waals surface area contributed by atoms with Gasteiger partial charge >= 0.3 is 5.97 Å². The average molecular weight is 354 g/mol. The molecular weight excluding hydrogens is 320 g/mol. The van der Waals surface area contributed by atoms with Crippen LogP contribution in [-0.4, -0.2) is 71.7 Å². The Labute approximate surface area is 151 Å². The highest BCUT2D eigenvalue weighted by Gasteiger charge is 2.36. The van der Waals surface area contributed by atoms with E-state index in [1.54, 1.807) is 0 Å². The predicted octanol–water partition coefficient (Wildman–Crippen LogP) is 2.37. The minimum absolute atomic E-state index is 0.164. The number of carboxylic acids is 1. The van der Waals surface area contributed by atoms with Crippen LogP contribution in [0.15, 0.2) is 0 Å². The van der Waals surface area contributed by atoms with Crippen LogP contribution >= 0.6 is 0 Å². The van der Waals surface area contributed by atoms with Gasteiger partial charge in [0, 0.05) is 38.6 Å². The molecule has 0 saturated carbocycles. The maximum atomic E-state index is 12.3. The van der Waals surface area contributed by atoms with Crippen LogP contribution in [0.1, 0.15) is 58.8 Å². The van der Waals surface area contributed by atoms with Gasteiger partial charge in [-0.1, -0.05) is 20.3 Å². The summed E-state index contributed by atoms with van der Waals surface area (Å²) < 4.78 is 5.97. The zero-order valence-corrected chi connectivity index (χ0v) is 15.8. The third-order valence-corrected chi connectivity index (χ3v) is 5.49. The van der Waals surface area contributed by atoms with Crippen molar-refractivity contribution in [2.45, 2.75) is 70.9 Å². The Bertz CT molecular complexity index is 435. The number of carbonyl (C=O) groups is 2. The summed E-state index contributed by atoms with van der Waals surface area (Å²) in [5.74, 6) is -0.177. The first-order valence-electron chi connectivity index (χ1n) is 9.88. The van der Waals surface area contributed by atoms with E-state index in [2.05, 4.69) is 11.8 Å². The molecule has 2 heterocycles. The summed E-state index contributed by atoms with van der Waals surface area (Å²) in [7, 11) is 0. The molecule has 1 amide bonds. The molecule has 1 N–H and O–H groups in total. The van der Waals surface area contributed by atoms with Gasteiger partial charge in [-0.25, -0.2) is 0 Å². The van der Waals surface area contributed by atoms with E-state index < -0.39 is 5.97 Å². The van der Waals surface area contributed by atoms with Crippen LogP contribution in [-0.2, 0) is 14.3 Å². The monoisotopic (exact) mass is 354 g/mol. The molecule has 144 valence electrons. The molecule has 2 aliphatic heterocycles. The lowest BCUT2D eigenvalue weighted by Gasteiger charge is -2.35. The van der Waals surface area contributed by atoms with Gasteiger partial charge in [0.25, 0.3) is 0 Å². The highest BCUT2D eigenvalue weighted by molar-refractivity contribution is 5.76. The van der Waals surface area contributed by atoms with Crippen molar-refractivity contribution >= 4 is 11.9 Å². The molecule has 1 unspecified atom stereocenters. The molecule has 6 nitrogen and oxygen atoms in total. The molecule has 2 rings (SSSR count). The van der Waals surface area contributed by atoms with Gasteiger partial charge in [0.2, 0.25) is 5.91 Å². The Morgan fingerprint density at radius 3 is 2.52 bits per heavy atom. The number of rotatable bonds is 9. The Kier molecular flexibility index (Phi) is 8.16. The number of piperidine rings is 1. The molecule has 0 aromatic carbocycles. The Balaban J connectivity index is 1.83. The van der Waals surface area contributed by atoms with Gasteiger partial charge in [0.05, 0.1) is 6.10 Å². The molecule has 0 aromatic heterocycles. The van der Waals surface area contributed by atoms with E-state index in [1.807, 2.05) is 11.8 Å². The van der Waals surface area contributed by atoms with Gasteiger partial charge in [0.1, 0.15) is 0 Å². The summed E-state index contributed by atoms with van der Waals surface area (Å²) in [4.78, 5) is 27.6. The minimum atomic E-state index is -0.693. The zero-order valence-electron chi connectivity index (χ0n) is 15.8. The number of hydrogen-bond donors (Lipinski definition) is 1. The summed E-state index contributed by atoms with van der Waals surface area (Å²) in [5.41, 5.74) is 0. The van der Waals surface area contributed by atoms with Crippen molar-refractivity contribution in [3.63, 3.8) is 0 Å². The van der Waals surface area contributed by atoms with Crippen molar-refractivity contribution in [3.05, 3.63) is 0 Å². The second-order valence-electron chi connectivity index (χ2n) is 7.48. The van der Waals surface area contributed by atoms with Crippen LogP contribution in [0.4, 0.5) is 0 Å². The third kappa shape index (κ3) is 6.26. The fourth-order valence-corrected chi connectivity index (χ4v) is 3.99. The molecule has 0 aliphatic carbocycles. The van der Waals surface area contributed by atoms with Crippen molar-refractivity contribution in [1.29, 1.82) is 0 Å². The molecule has 0 spiro atoms. The summed E-state index contributed by atoms with van der Waals surface area (Å²) >= 11 is 0. The second-order valence-corrected chi connectivity index (χ2v) is 7.48. The van der Waals surface area contributed by atoms with Gasteiger partial charge in [-0.05, 0) is 44.7 Å². The van der Waals surface area contributed by atoms with Gasteiger partial charge in [-0.2, -0.15) is 0 Å². The fraction of sp³-hybridized carbons (Fsp3) is 0.895. The van der Waals surface area contributed by atoms with Crippen LogP contribution < -0.4 is 0 Å². The van der Waals surface area contributed by atoms with Gasteiger partial charge in [-0.15, -0.1) is 0 Å². The Morgan fingerprint density at radius 2 is 1.92 bits per heavy atom. The number of likely N-dealkylation sites (tertiary alicyclic amines) is 2. The lowest BCUT2D eigenvalue weighted by Crippen LogP contribution is -2.45. The fourth-order valence-electron chi connectivity index (χ4n) is 3.99. The molecule has 2 saturated heterocycles. The smallest absolute Gasteiger partial charge is 0.303 e. The molecule has 0 bridgehead atoms. The zero-order chi connectivity index (χ0) is 18.2. The molecular formula is C19H34N2O4. The van der Waals surface area contributed by atoms with E-state index in [0.717, 1.165) is 64.9 Å². The maximum absolute atomic E-state index is 12.3. The van der Waals surface area contributed by atoms with E-state index in [0.29, 0.717) is 12.3 Å². The number of ether oxygens (including phenoxy) is 1. The Hall–Kier alpha value is -1.14. The highest BCUT2D eigenvalue weighted by Crippen LogP contribution is 2.26. The standard InChI is InChI=1S/C19H34N2O4/c1-3-5-10-25-17-12-16(21(14-17)18(22)4-2)13-20-8-6-15(7-9-20)11-19(23)24/h15-17H,3-14H2,1-2H3,(H,23,24)/t16-,17?/m0/s1. The SMILES string of the molecule is CCCCOC1C[C@@H](CN2CCC(CC(=O)O)CC2)N(C(=O)CC)C1. The first kappa shape index (κ1) is 20.2. The molecule has 0 radical (unpaired) electrons. The summed E-state index contributed by atoms with van der Waals surface area (Å²) in [6, 6.07) is 0.232. The largest absolute Gasteiger partial charge is 0.481 e. The molecule has 2 atom stereocenters. The number of hydrogen-bond acceptors (Lipinski definition) is 4. The molecule has 2 fully saturated rings. The number of aliphatic carboxylic acids is 1. The number of amides is 1. The van der Waals surface area contributed by atoms with Crippen LogP contribution in [0.5, 0.6) is 0 Å². The van der Waals surface area contributed by atoms with E-state index in [4.69, 9.17) is 9.84 Å². The molecule has 25 heavy (non-hydrogen) atoms. The number of unbranched alkanes of at least 4 members (excludes halogenated alkanes) is 1. The van der Waals surface area contributed by atoms with Gasteiger partial charge < -0.3 is 19.6 Å². The third-order valence-electron chi connectivity index (χ3n) is 5.49. The lowest BCUT2D eigenvalue weighted by atomic mass is 9.93. The van der Waals surface area contributed by atoms with E-state index in [1.165, 1.54) is 0 Å². The van der Waals surface area contributed by atoms with Crippen LogP contribution in [0, 0.1) is 5.92 Å². The number of carboxylic acid groups (broad SMARTS) is 1. The average Bonchev–Trinajstić information content (AvgIpc) is 2.98. The summed E-state index contributed by atoms with van der Waals surface area (Å²) in [6.45, 7) is 8.33. The van der Waals surface area contributed by atoms with Crippen LogP contribution in [0.3, 0.4) is 0 Å². The van der Waals surface area contributed by atoms with Crippen LogP contribution in [0.2, 0.25) is 0 Å². The number of nitrogens with zero attached hydrogens (tertiary/aromatic N) is 2. The summed E-state index contributed by atoms with van der Waals surface area (Å²) in [5, 5.41) is 8.93. The Morgan fingerprint density at radius 1 is 1.20 bits per heavy atom. The normalized spacial score (nSPS) is 25.4. The van der Waals surface area contributed by atoms with Gasteiger partial charge in [-0.3, -0.25) is 9.59 Å². The molecule has 2 aliphatic rings. The first-order chi connectivity index (χ1) is 12.0. The predicted molar refractivity (Wildman–Crippen MR) is 96.5 cm³/mol. The minimum Gasteiger partial charge on any atom is -0.481 e. The van der Waals surface area contributed by atoms with Crippen LogP contribution in [0.25, 0.3) is 0 Å². The maximum Gasteiger partial charge on any atom is 0.303 e. The lowest BCUT2D eigenvalue weighted by molar-refractivity contribution is -0.138. The van der Waals surface area contributed by atoms with Crippen molar-refractivity contribution in [1.82, 2.24) is 9.80 Å². The van der Waals surface area contributed by atoms with E-state index in [-0.39, 0.29) is 24.5 Å². The summed E-state index contributed by atoms with van der Waals surface area (Å²) in [6.07, 6.45) is 5.98. The van der Waals surface area contributed by atoms with Crippen molar-refractivity contribution in [2.75, 3.05) is 32.8 Å². The van der Waals surface area contributed by atoms with E-state index in [9.17, 15) is 9.59 Å². The topological polar surface area (TPSA) is 70.1 Å². The van der Waals surface area contributed by atoms with E-state index >= 15 is 0 Å². The number of carbonyl (C=O) groups excluding carboxylic acids is 1. The highest BCUT2D eigenvalue weighted by atomic mass is 16.5. The molecule has 6 heteroatoms. The van der Waals surface area contributed by atoms with Crippen molar-refractivity contribution in [2.24, 2.45) is 5.92 Å². The van der Waals surface area contributed by atoms with Crippen molar-refractivity contribution < 1.29 is 19.4 Å². The second kappa shape index (κ2) is 10.1. The van der Waals surface area contributed by atoms with Gasteiger partial charge in [0.15, 0.2) is 0 Å². The molecule has 0 aromatic rings. The van der Waals surface area contributed by atoms with Crippen molar-refractivity contribution in [3.8, 4) is 0 Å². The first-order valence-corrected chi connectivity index (χ1v) is 9.88. The quantitative estimate of drug-likeness (QED) is 0.644.